The molecule has 25 heavy (non-hydrogen) atoms. The number of nitrogens with one attached hydrogen (secondary N) is 2. The molecular formula is C19H24N4O2. The first-order valence-corrected chi connectivity index (χ1v) is 8.26. The second kappa shape index (κ2) is 8.28. The minimum absolute atomic E-state index is 0.0574. The number of hydrogen-bond acceptors (Lipinski definition) is 4. The molecule has 132 valence electrons. The quantitative estimate of drug-likeness (QED) is 0.848. The molecule has 6 nitrogen and oxygen atoms in total. The third-order valence-corrected chi connectivity index (χ3v) is 3.89. The van der Waals surface area contributed by atoms with E-state index in [1.165, 1.54) is 12.3 Å². The predicted octanol–water partition coefficient (Wildman–Crippen LogP) is 2.93. The summed E-state index contributed by atoms with van der Waals surface area (Å²) in [4.78, 5) is 30.6. The van der Waals surface area contributed by atoms with Gasteiger partial charge < -0.3 is 15.5 Å². The number of carbonyl (C=O) groups is 2. The van der Waals surface area contributed by atoms with Crippen LogP contribution in [0.1, 0.15) is 41.1 Å². The average molecular weight is 340 g/mol. The number of benzene rings is 1. The van der Waals surface area contributed by atoms with Crippen LogP contribution in [0.2, 0.25) is 0 Å². The zero-order valence-electron chi connectivity index (χ0n) is 15.0. The van der Waals surface area contributed by atoms with Crippen molar-refractivity contribution < 1.29 is 9.59 Å². The molecule has 0 aliphatic carbocycles. The van der Waals surface area contributed by atoms with E-state index >= 15 is 0 Å². The number of anilines is 2. The van der Waals surface area contributed by atoms with Gasteiger partial charge in [-0.3, -0.25) is 14.6 Å². The first-order valence-electron chi connectivity index (χ1n) is 8.26. The van der Waals surface area contributed by atoms with E-state index in [0.717, 1.165) is 12.1 Å². The van der Waals surface area contributed by atoms with Crippen LogP contribution in [0.15, 0.2) is 42.6 Å². The summed E-state index contributed by atoms with van der Waals surface area (Å²) in [7, 11) is 3.91. The molecule has 1 heterocycles. The van der Waals surface area contributed by atoms with Crippen molar-refractivity contribution in [3.63, 3.8) is 0 Å². The van der Waals surface area contributed by atoms with Crippen LogP contribution >= 0.6 is 0 Å². The SMILES string of the molecule is CCC(C)NC(=O)c1cc(C(=O)Nc2ccc(N(C)C)cc2)ccn1. The summed E-state index contributed by atoms with van der Waals surface area (Å²) in [5, 5.41) is 5.67. The van der Waals surface area contributed by atoms with E-state index in [2.05, 4.69) is 15.6 Å². The second-order valence-electron chi connectivity index (χ2n) is 6.11. The van der Waals surface area contributed by atoms with Gasteiger partial charge in [0.25, 0.3) is 11.8 Å². The maximum atomic E-state index is 12.4. The van der Waals surface area contributed by atoms with Gasteiger partial charge in [-0.05, 0) is 49.7 Å². The molecule has 6 heteroatoms. The van der Waals surface area contributed by atoms with Crippen LogP contribution in [0.3, 0.4) is 0 Å². The van der Waals surface area contributed by atoms with Crippen molar-refractivity contribution >= 4 is 23.2 Å². The Morgan fingerprint density at radius 3 is 2.40 bits per heavy atom. The Morgan fingerprint density at radius 2 is 1.80 bits per heavy atom. The molecule has 0 saturated carbocycles. The summed E-state index contributed by atoms with van der Waals surface area (Å²) >= 11 is 0. The van der Waals surface area contributed by atoms with Crippen molar-refractivity contribution in [3.8, 4) is 0 Å². The Hall–Kier alpha value is -2.89. The fourth-order valence-corrected chi connectivity index (χ4v) is 2.14. The van der Waals surface area contributed by atoms with Gasteiger partial charge in [-0.25, -0.2) is 0 Å². The monoisotopic (exact) mass is 340 g/mol. The van der Waals surface area contributed by atoms with Crippen LogP contribution in [0.4, 0.5) is 11.4 Å². The maximum absolute atomic E-state index is 12.4. The molecule has 2 rings (SSSR count). The number of hydrogen-bond donors (Lipinski definition) is 2. The summed E-state index contributed by atoms with van der Waals surface area (Å²) in [5.74, 6) is -0.558. The molecular weight excluding hydrogens is 316 g/mol. The van der Waals surface area contributed by atoms with Crippen LogP contribution in [-0.4, -0.2) is 36.9 Å². The molecule has 1 unspecified atom stereocenters. The molecule has 0 aliphatic rings. The minimum atomic E-state index is -0.280. The summed E-state index contributed by atoms with van der Waals surface area (Å²) < 4.78 is 0. The molecule has 0 saturated heterocycles. The van der Waals surface area contributed by atoms with E-state index in [4.69, 9.17) is 0 Å². The lowest BCUT2D eigenvalue weighted by atomic mass is 10.2. The number of aromatic nitrogens is 1. The molecule has 2 aromatic rings. The highest BCUT2D eigenvalue weighted by Crippen LogP contribution is 2.16. The van der Waals surface area contributed by atoms with Gasteiger partial charge in [0.05, 0.1) is 0 Å². The molecule has 0 radical (unpaired) electrons. The number of nitrogens with zero attached hydrogens (tertiary/aromatic N) is 2. The number of rotatable bonds is 6. The Morgan fingerprint density at radius 1 is 1.12 bits per heavy atom. The van der Waals surface area contributed by atoms with Gasteiger partial charge >= 0.3 is 0 Å². The lowest BCUT2D eigenvalue weighted by Crippen LogP contribution is -2.32. The highest BCUT2D eigenvalue weighted by Gasteiger charge is 2.13. The lowest BCUT2D eigenvalue weighted by molar-refractivity contribution is 0.0934. The number of amides is 2. The molecule has 2 N–H and O–H groups in total. The topological polar surface area (TPSA) is 74.3 Å². The highest BCUT2D eigenvalue weighted by atomic mass is 16.2. The lowest BCUT2D eigenvalue weighted by Gasteiger charge is -2.13. The van der Waals surface area contributed by atoms with Crippen LogP contribution in [0.5, 0.6) is 0 Å². The molecule has 0 aliphatic heterocycles. The fraction of sp³-hybridized carbons (Fsp3) is 0.316. The molecule has 0 spiro atoms. The van der Waals surface area contributed by atoms with Crippen molar-refractivity contribution in [2.75, 3.05) is 24.3 Å². The first kappa shape index (κ1) is 18.4. The summed E-state index contributed by atoms with van der Waals surface area (Å²) in [6.07, 6.45) is 2.30. The molecule has 0 fully saturated rings. The Labute approximate surface area is 148 Å². The zero-order chi connectivity index (χ0) is 18.4. The molecule has 1 atom stereocenters. The normalized spacial score (nSPS) is 11.5. The number of pyridine rings is 1. The van der Waals surface area contributed by atoms with E-state index in [-0.39, 0.29) is 23.6 Å². The van der Waals surface area contributed by atoms with Gasteiger partial charge in [0.15, 0.2) is 0 Å². The summed E-state index contributed by atoms with van der Waals surface area (Å²) in [6.45, 7) is 3.91. The molecule has 2 amide bonds. The number of carbonyl (C=O) groups excluding carboxylic acids is 2. The zero-order valence-corrected chi connectivity index (χ0v) is 15.0. The van der Waals surface area contributed by atoms with Crippen LogP contribution < -0.4 is 15.5 Å². The average Bonchev–Trinajstić information content (AvgIpc) is 2.62. The maximum Gasteiger partial charge on any atom is 0.270 e. The molecule has 1 aromatic carbocycles. The fourth-order valence-electron chi connectivity index (χ4n) is 2.14. The predicted molar refractivity (Wildman–Crippen MR) is 100 cm³/mol. The van der Waals surface area contributed by atoms with Gasteiger partial charge in [-0.1, -0.05) is 6.92 Å². The van der Waals surface area contributed by atoms with E-state index in [1.54, 1.807) is 6.07 Å². The summed E-state index contributed by atoms with van der Waals surface area (Å²) in [6, 6.07) is 10.7. The van der Waals surface area contributed by atoms with Crippen LogP contribution in [0, 0.1) is 0 Å². The van der Waals surface area contributed by atoms with Crippen LogP contribution in [-0.2, 0) is 0 Å². The standard InChI is InChI=1S/C19H24N4O2/c1-5-13(2)21-19(25)17-12-14(10-11-20-17)18(24)22-15-6-8-16(9-7-15)23(3)4/h6-13H,5H2,1-4H3,(H,21,25)(H,22,24). The van der Waals surface area contributed by atoms with Gasteiger partial charge in [0, 0.05) is 43.3 Å². The Bertz CT molecular complexity index is 741. The van der Waals surface area contributed by atoms with Crippen molar-refractivity contribution in [2.24, 2.45) is 0 Å². The van der Waals surface area contributed by atoms with Crippen molar-refractivity contribution in [2.45, 2.75) is 26.3 Å². The van der Waals surface area contributed by atoms with Crippen LogP contribution in [0.25, 0.3) is 0 Å². The third kappa shape index (κ3) is 5.04. The molecule has 1 aromatic heterocycles. The van der Waals surface area contributed by atoms with Gasteiger partial charge in [0.2, 0.25) is 0 Å². The largest absolute Gasteiger partial charge is 0.378 e. The third-order valence-electron chi connectivity index (χ3n) is 3.89. The van der Waals surface area contributed by atoms with Crippen molar-refractivity contribution in [3.05, 3.63) is 53.9 Å². The van der Waals surface area contributed by atoms with Gasteiger partial charge in [-0.2, -0.15) is 0 Å². The van der Waals surface area contributed by atoms with Gasteiger partial charge in [0.1, 0.15) is 5.69 Å². The van der Waals surface area contributed by atoms with E-state index in [9.17, 15) is 9.59 Å². The van der Waals surface area contributed by atoms with Crippen molar-refractivity contribution in [1.29, 1.82) is 0 Å². The first-order chi connectivity index (χ1) is 11.9. The van der Waals surface area contributed by atoms with E-state index in [1.807, 2.05) is 57.1 Å². The minimum Gasteiger partial charge on any atom is -0.378 e. The summed E-state index contributed by atoms with van der Waals surface area (Å²) in [5.41, 5.74) is 2.36. The highest BCUT2D eigenvalue weighted by molar-refractivity contribution is 6.05. The Balaban J connectivity index is 2.09. The second-order valence-corrected chi connectivity index (χ2v) is 6.11. The smallest absolute Gasteiger partial charge is 0.270 e. The van der Waals surface area contributed by atoms with Crippen molar-refractivity contribution in [1.82, 2.24) is 10.3 Å². The molecule has 0 bridgehead atoms. The Kier molecular flexibility index (Phi) is 6.11. The van der Waals surface area contributed by atoms with E-state index in [0.29, 0.717) is 11.3 Å². The van der Waals surface area contributed by atoms with E-state index < -0.39 is 0 Å². The van der Waals surface area contributed by atoms with Gasteiger partial charge in [-0.15, -0.1) is 0 Å².